The summed E-state index contributed by atoms with van der Waals surface area (Å²) in [4.78, 5) is 43.0. The Morgan fingerprint density at radius 1 is 1.23 bits per heavy atom. The quantitative estimate of drug-likeness (QED) is 0.267. The van der Waals surface area contributed by atoms with Crippen molar-refractivity contribution in [2.75, 3.05) is 38.0 Å². The van der Waals surface area contributed by atoms with Crippen LogP contribution in [-0.2, 0) is 30.8 Å². The number of anilines is 1. The normalized spacial score (nSPS) is 20.9. The molecule has 4 rings (SSSR count). The highest BCUT2D eigenvalue weighted by atomic mass is 32.2. The van der Waals surface area contributed by atoms with Gasteiger partial charge in [0.15, 0.2) is 9.34 Å². The molecule has 3 amide bonds. The first-order valence-electron chi connectivity index (χ1n) is 14.5. The molecule has 242 valence electrons. The van der Waals surface area contributed by atoms with E-state index in [1.54, 1.807) is 4.90 Å². The summed E-state index contributed by atoms with van der Waals surface area (Å²) >= 11 is 0.821. The molecule has 0 aliphatic carbocycles. The molecular weight excluding hydrogens is 618 g/mol. The second-order valence-corrected chi connectivity index (χ2v) is 14.3. The van der Waals surface area contributed by atoms with Gasteiger partial charge in [0.2, 0.25) is 17.7 Å². The number of piperazine rings is 1. The highest BCUT2D eigenvalue weighted by molar-refractivity contribution is 7.91. The molecule has 2 saturated heterocycles. The van der Waals surface area contributed by atoms with E-state index < -0.39 is 57.6 Å². The zero-order valence-electron chi connectivity index (χ0n) is 24.8. The van der Waals surface area contributed by atoms with Crippen LogP contribution in [0.1, 0.15) is 44.4 Å². The Kier molecular flexibility index (Phi) is 11.0. The maximum atomic E-state index is 14.0. The van der Waals surface area contributed by atoms with E-state index in [1.807, 2.05) is 6.92 Å². The fourth-order valence-corrected chi connectivity index (χ4v) is 8.54. The largest absolute Gasteiger partial charge is 0.389 e. The number of nitrogens with one attached hydrogen (secondary N) is 3. The number of aromatic nitrogens is 1. The van der Waals surface area contributed by atoms with E-state index in [0.29, 0.717) is 12.6 Å². The van der Waals surface area contributed by atoms with Crippen LogP contribution in [0, 0.1) is 24.5 Å². The van der Waals surface area contributed by atoms with Crippen LogP contribution in [0.5, 0.6) is 0 Å². The van der Waals surface area contributed by atoms with Crippen LogP contribution in [0.25, 0.3) is 0 Å². The van der Waals surface area contributed by atoms with Crippen LogP contribution in [0.4, 0.5) is 13.9 Å². The molecule has 4 N–H and O–H groups in total. The number of unbranched alkanes of at least 4 members (excludes halogenated alkanes) is 1. The number of sulfonamides is 1. The summed E-state index contributed by atoms with van der Waals surface area (Å²) in [6.07, 6.45) is 0.165. The number of amides is 3. The van der Waals surface area contributed by atoms with Gasteiger partial charge < -0.3 is 26.0 Å². The molecule has 4 atom stereocenters. The Morgan fingerprint density at radius 3 is 2.59 bits per heavy atom. The van der Waals surface area contributed by atoms with Gasteiger partial charge in [0.05, 0.1) is 23.8 Å². The summed E-state index contributed by atoms with van der Waals surface area (Å²) < 4.78 is 56.4. The minimum atomic E-state index is -4.07. The molecule has 2 aliphatic heterocycles. The molecule has 0 radical (unpaired) electrons. The van der Waals surface area contributed by atoms with Crippen molar-refractivity contribution in [2.45, 2.75) is 68.9 Å². The van der Waals surface area contributed by atoms with Gasteiger partial charge in [-0.05, 0) is 37.5 Å². The van der Waals surface area contributed by atoms with Crippen LogP contribution in [0.2, 0.25) is 0 Å². The number of benzene rings is 1. The number of halogens is 2. The molecular formula is C28H38F2N6O6S2. The zero-order chi connectivity index (χ0) is 32.2. The molecule has 2 unspecified atom stereocenters. The lowest BCUT2D eigenvalue weighted by molar-refractivity contribution is -0.129. The molecule has 3 heterocycles. The Balaban J connectivity index is 1.54. The molecule has 12 nitrogen and oxygen atoms in total. The third-order valence-electron chi connectivity index (χ3n) is 7.68. The number of carbonyl (C=O) groups excluding carboxylic acids is 3. The van der Waals surface area contributed by atoms with Crippen molar-refractivity contribution in [2.24, 2.45) is 5.92 Å². The molecule has 0 saturated carbocycles. The molecule has 1 aromatic heterocycles. The molecule has 44 heavy (non-hydrogen) atoms. The lowest BCUT2D eigenvalue weighted by Crippen LogP contribution is -2.62. The van der Waals surface area contributed by atoms with Gasteiger partial charge in [-0.2, -0.15) is 4.31 Å². The van der Waals surface area contributed by atoms with Gasteiger partial charge in [-0.15, -0.1) is 0 Å². The number of hydrogen-bond donors (Lipinski definition) is 4. The first-order valence-corrected chi connectivity index (χ1v) is 16.7. The summed E-state index contributed by atoms with van der Waals surface area (Å²) in [7, 11) is -4.07. The summed E-state index contributed by atoms with van der Waals surface area (Å²) in [5.41, 5.74) is 0.400. The van der Waals surface area contributed by atoms with Crippen molar-refractivity contribution in [1.82, 2.24) is 24.8 Å². The minimum absolute atomic E-state index is 0.00926. The number of aliphatic hydroxyl groups is 1. The maximum Gasteiger partial charge on any atom is 0.254 e. The van der Waals surface area contributed by atoms with Crippen molar-refractivity contribution in [3.8, 4) is 0 Å². The van der Waals surface area contributed by atoms with Crippen LogP contribution < -0.4 is 16.0 Å². The lowest BCUT2D eigenvalue weighted by Gasteiger charge is -2.38. The molecule has 0 spiro atoms. The van der Waals surface area contributed by atoms with E-state index in [9.17, 15) is 36.7 Å². The third kappa shape index (κ3) is 8.15. The fourth-order valence-electron chi connectivity index (χ4n) is 5.47. The van der Waals surface area contributed by atoms with Crippen LogP contribution >= 0.6 is 11.3 Å². The van der Waals surface area contributed by atoms with E-state index in [-0.39, 0.29) is 65.5 Å². The maximum absolute atomic E-state index is 14.0. The molecule has 2 aromatic rings. The number of nitrogens with zero attached hydrogens (tertiary/aromatic N) is 3. The zero-order valence-corrected chi connectivity index (χ0v) is 26.4. The number of hydrogen-bond acceptors (Lipinski definition) is 9. The SMILES string of the molecule is CCCCN1CC(C(=O)NC(Cc2cc(F)cc(F)c2)[C@H](O)[C@H]2CN(S(=O)(=O)c3sc(NC(C)=O)nc3C)CCN2)CC1=O. The summed E-state index contributed by atoms with van der Waals surface area (Å²) in [5, 5.41) is 20.1. The van der Waals surface area contributed by atoms with Crippen molar-refractivity contribution in [3.63, 3.8) is 0 Å². The van der Waals surface area contributed by atoms with E-state index in [1.165, 1.54) is 18.2 Å². The molecule has 2 aliphatic rings. The summed E-state index contributed by atoms with van der Waals surface area (Å²) in [6, 6.07) is 0.985. The van der Waals surface area contributed by atoms with Crippen molar-refractivity contribution in [3.05, 3.63) is 41.1 Å². The van der Waals surface area contributed by atoms with Gasteiger partial charge in [-0.1, -0.05) is 24.7 Å². The highest BCUT2D eigenvalue weighted by Gasteiger charge is 2.40. The Labute approximate surface area is 259 Å². The predicted molar refractivity (Wildman–Crippen MR) is 159 cm³/mol. The smallest absolute Gasteiger partial charge is 0.254 e. The average Bonchev–Trinajstić information content (AvgIpc) is 3.51. The molecule has 0 bridgehead atoms. The second kappa shape index (κ2) is 14.4. The van der Waals surface area contributed by atoms with E-state index in [0.717, 1.165) is 36.3 Å². The molecule has 2 fully saturated rings. The van der Waals surface area contributed by atoms with Gasteiger partial charge in [0.25, 0.3) is 10.0 Å². The Hall–Kier alpha value is -3.05. The number of aryl methyl sites for hydroxylation is 1. The lowest BCUT2D eigenvalue weighted by atomic mass is 9.94. The van der Waals surface area contributed by atoms with E-state index in [2.05, 4.69) is 20.9 Å². The van der Waals surface area contributed by atoms with E-state index in [4.69, 9.17) is 0 Å². The van der Waals surface area contributed by atoms with Crippen LogP contribution in [-0.4, -0.2) is 96.3 Å². The van der Waals surface area contributed by atoms with Crippen LogP contribution in [0.15, 0.2) is 22.4 Å². The summed E-state index contributed by atoms with van der Waals surface area (Å²) in [5.74, 6) is -3.32. The first-order chi connectivity index (χ1) is 20.8. The Bertz CT molecular complexity index is 1470. The number of thiazole rings is 1. The molecule has 1 aromatic carbocycles. The van der Waals surface area contributed by atoms with Crippen LogP contribution in [0.3, 0.4) is 0 Å². The third-order valence-corrected chi connectivity index (χ3v) is 11.2. The van der Waals surface area contributed by atoms with Gasteiger partial charge in [0.1, 0.15) is 11.6 Å². The van der Waals surface area contributed by atoms with Crippen molar-refractivity contribution < 1.29 is 36.7 Å². The van der Waals surface area contributed by atoms with Gasteiger partial charge >= 0.3 is 0 Å². The molecule has 16 heteroatoms. The number of likely N-dealkylation sites (tertiary alicyclic amines) is 1. The first kappa shape index (κ1) is 33.8. The number of aliphatic hydroxyl groups excluding tert-OH is 1. The number of rotatable bonds is 12. The van der Waals surface area contributed by atoms with Crippen molar-refractivity contribution >= 4 is 44.2 Å². The number of carbonyl (C=O) groups is 3. The average molecular weight is 657 g/mol. The van der Waals surface area contributed by atoms with E-state index >= 15 is 0 Å². The van der Waals surface area contributed by atoms with Gasteiger partial charge in [-0.25, -0.2) is 22.2 Å². The highest BCUT2D eigenvalue weighted by Crippen LogP contribution is 2.31. The van der Waals surface area contributed by atoms with Gasteiger partial charge in [-0.3, -0.25) is 14.4 Å². The van der Waals surface area contributed by atoms with Gasteiger partial charge in [0, 0.05) is 58.2 Å². The standard InChI is InChI=1S/C28H38F2N6O6S2/c1-4-5-7-35-14-19(12-24(35)38)26(40)34-22(11-18-9-20(29)13-21(30)10-18)25(39)23-15-36(8-6-31-23)44(41,42)27-16(2)32-28(43-27)33-17(3)37/h9-10,13,19,22-23,25,31,39H,4-8,11-12,14-15H2,1-3H3,(H,34,40)(H,32,33,37)/t19?,22?,23-,25+/m1/s1. The minimum Gasteiger partial charge on any atom is -0.389 e. The summed E-state index contributed by atoms with van der Waals surface area (Å²) in [6.45, 7) is 5.65. The monoisotopic (exact) mass is 656 g/mol. The topological polar surface area (TPSA) is 161 Å². The predicted octanol–water partition coefficient (Wildman–Crippen LogP) is 1.39. The van der Waals surface area contributed by atoms with Crippen molar-refractivity contribution in [1.29, 1.82) is 0 Å². The second-order valence-electron chi connectivity index (χ2n) is 11.2. The fraction of sp³-hybridized carbons (Fsp3) is 0.571. The Morgan fingerprint density at radius 2 is 1.93 bits per heavy atom.